The van der Waals surface area contributed by atoms with Gasteiger partial charge in [-0.2, -0.15) is 0 Å². The van der Waals surface area contributed by atoms with Crippen molar-refractivity contribution in [3.05, 3.63) is 36.6 Å². The Kier molecular flexibility index (Phi) is 4.07. The van der Waals surface area contributed by atoms with Crippen molar-refractivity contribution in [2.24, 2.45) is 0 Å². The number of anilines is 1. The Bertz CT molecular complexity index is 882. The molecule has 0 aromatic carbocycles. The SMILES string of the molecule is OC[C@H]1OC(n2cnc3c(NCc4cc(F)co4)ncnc32)C[C@@H]1O. The van der Waals surface area contributed by atoms with Gasteiger partial charge in [-0.1, -0.05) is 0 Å². The maximum Gasteiger partial charge on any atom is 0.167 e. The van der Waals surface area contributed by atoms with Gasteiger partial charge in [0.05, 0.1) is 25.6 Å². The van der Waals surface area contributed by atoms with E-state index in [4.69, 9.17) is 9.15 Å². The van der Waals surface area contributed by atoms with E-state index in [2.05, 4.69) is 20.3 Å². The number of halogens is 1. The lowest BCUT2D eigenvalue weighted by Gasteiger charge is -2.13. The molecule has 0 amide bonds. The number of hydrogen-bond donors (Lipinski definition) is 3. The summed E-state index contributed by atoms with van der Waals surface area (Å²) in [6.45, 7) is -0.0140. The van der Waals surface area contributed by atoms with E-state index in [9.17, 15) is 14.6 Å². The van der Waals surface area contributed by atoms with Crippen LogP contribution in [-0.2, 0) is 11.3 Å². The molecule has 3 aromatic rings. The molecule has 0 radical (unpaired) electrons. The monoisotopic (exact) mass is 349 g/mol. The van der Waals surface area contributed by atoms with E-state index in [-0.39, 0.29) is 13.2 Å². The first-order chi connectivity index (χ1) is 12.2. The van der Waals surface area contributed by atoms with E-state index in [1.165, 1.54) is 12.4 Å². The Balaban J connectivity index is 1.58. The van der Waals surface area contributed by atoms with E-state index >= 15 is 0 Å². The Hall–Kier alpha value is -2.56. The molecule has 0 saturated carbocycles. The number of aliphatic hydroxyl groups excluding tert-OH is 2. The molecule has 4 heterocycles. The zero-order valence-electron chi connectivity index (χ0n) is 13.0. The molecule has 9 nitrogen and oxygen atoms in total. The Labute approximate surface area is 141 Å². The van der Waals surface area contributed by atoms with E-state index < -0.39 is 24.3 Å². The normalized spacial score (nSPS) is 23.4. The van der Waals surface area contributed by atoms with Crippen LogP contribution in [0.1, 0.15) is 18.4 Å². The number of ether oxygens (including phenoxy) is 1. The fourth-order valence-corrected chi connectivity index (χ4v) is 2.86. The van der Waals surface area contributed by atoms with Crippen molar-refractivity contribution in [2.45, 2.75) is 31.4 Å². The first kappa shape index (κ1) is 15.9. The van der Waals surface area contributed by atoms with Crippen molar-refractivity contribution in [1.82, 2.24) is 19.5 Å². The maximum atomic E-state index is 13.0. The van der Waals surface area contributed by atoms with Gasteiger partial charge in [-0.3, -0.25) is 4.57 Å². The fourth-order valence-electron chi connectivity index (χ4n) is 2.86. The lowest BCUT2D eigenvalue weighted by molar-refractivity contribution is -0.0432. The van der Waals surface area contributed by atoms with E-state index in [1.807, 2.05) is 0 Å². The highest BCUT2D eigenvalue weighted by Crippen LogP contribution is 2.31. The minimum Gasteiger partial charge on any atom is -0.464 e. The van der Waals surface area contributed by atoms with Gasteiger partial charge in [-0.15, -0.1) is 0 Å². The van der Waals surface area contributed by atoms with Gasteiger partial charge >= 0.3 is 0 Å². The quantitative estimate of drug-likeness (QED) is 0.619. The van der Waals surface area contributed by atoms with Crippen LogP contribution in [0.3, 0.4) is 0 Å². The van der Waals surface area contributed by atoms with Crippen LogP contribution in [-0.4, -0.2) is 48.5 Å². The molecule has 1 unspecified atom stereocenters. The molecule has 10 heteroatoms. The van der Waals surface area contributed by atoms with Crippen molar-refractivity contribution in [3.63, 3.8) is 0 Å². The number of hydrogen-bond acceptors (Lipinski definition) is 8. The molecule has 0 spiro atoms. The number of rotatable bonds is 5. The Morgan fingerprint density at radius 3 is 2.96 bits per heavy atom. The fraction of sp³-hybridized carbons (Fsp3) is 0.400. The number of aliphatic hydroxyl groups is 2. The summed E-state index contributed by atoms with van der Waals surface area (Å²) >= 11 is 0. The number of aromatic nitrogens is 4. The van der Waals surface area contributed by atoms with Crippen molar-refractivity contribution in [3.8, 4) is 0 Å². The molecule has 3 aromatic heterocycles. The molecule has 4 rings (SSSR count). The first-order valence-electron chi connectivity index (χ1n) is 7.74. The molecule has 25 heavy (non-hydrogen) atoms. The van der Waals surface area contributed by atoms with Gasteiger partial charge in [0.2, 0.25) is 0 Å². The summed E-state index contributed by atoms with van der Waals surface area (Å²) in [5.74, 6) is 0.457. The summed E-state index contributed by atoms with van der Waals surface area (Å²) in [5, 5.41) is 22.1. The van der Waals surface area contributed by atoms with Crippen LogP contribution in [0.2, 0.25) is 0 Å². The third-order valence-corrected chi connectivity index (χ3v) is 4.10. The van der Waals surface area contributed by atoms with Crippen LogP contribution in [0.15, 0.2) is 29.4 Å². The second kappa shape index (κ2) is 6.39. The summed E-state index contributed by atoms with van der Waals surface area (Å²) in [4.78, 5) is 12.7. The third-order valence-electron chi connectivity index (χ3n) is 4.10. The second-order valence-corrected chi connectivity index (χ2v) is 5.75. The molecule has 1 aliphatic rings. The van der Waals surface area contributed by atoms with Crippen LogP contribution in [0.5, 0.6) is 0 Å². The van der Waals surface area contributed by atoms with Crippen molar-refractivity contribution >= 4 is 17.0 Å². The average molecular weight is 349 g/mol. The molecular formula is C15H16FN5O4. The highest BCUT2D eigenvalue weighted by molar-refractivity contribution is 5.82. The molecular weight excluding hydrogens is 333 g/mol. The van der Waals surface area contributed by atoms with Crippen LogP contribution in [0, 0.1) is 5.82 Å². The predicted octanol–water partition coefficient (Wildman–Crippen LogP) is 0.811. The van der Waals surface area contributed by atoms with Crippen molar-refractivity contribution in [2.75, 3.05) is 11.9 Å². The zero-order valence-corrected chi connectivity index (χ0v) is 13.0. The lowest BCUT2D eigenvalue weighted by Crippen LogP contribution is -2.24. The van der Waals surface area contributed by atoms with E-state index in [1.54, 1.807) is 10.9 Å². The Morgan fingerprint density at radius 1 is 1.36 bits per heavy atom. The van der Waals surface area contributed by atoms with E-state index in [0.29, 0.717) is 29.2 Å². The van der Waals surface area contributed by atoms with Crippen molar-refractivity contribution in [1.29, 1.82) is 0 Å². The van der Waals surface area contributed by atoms with Gasteiger partial charge in [0, 0.05) is 12.5 Å². The Morgan fingerprint density at radius 2 is 2.24 bits per heavy atom. The largest absolute Gasteiger partial charge is 0.464 e. The summed E-state index contributed by atoms with van der Waals surface area (Å²) in [6.07, 6.45) is 2.43. The average Bonchev–Trinajstić information content (AvgIpc) is 3.31. The first-order valence-corrected chi connectivity index (χ1v) is 7.74. The van der Waals surface area contributed by atoms with Gasteiger partial charge in [0.25, 0.3) is 0 Å². The predicted molar refractivity (Wildman–Crippen MR) is 82.9 cm³/mol. The van der Waals surface area contributed by atoms with Gasteiger partial charge < -0.3 is 24.7 Å². The van der Waals surface area contributed by atoms with Crippen LogP contribution in [0.4, 0.5) is 10.2 Å². The van der Waals surface area contributed by atoms with E-state index in [0.717, 1.165) is 6.26 Å². The smallest absolute Gasteiger partial charge is 0.167 e. The number of nitrogens with one attached hydrogen (secondary N) is 1. The molecule has 132 valence electrons. The van der Waals surface area contributed by atoms with Crippen molar-refractivity contribution < 1.29 is 23.8 Å². The van der Waals surface area contributed by atoms with Crippen LogP contribution < -0.4 is 5.32 Å². The summed E-state index contributed by atoms with van der Waals surface area (Å²) in [6, 6.07) is 1.28. The molecule has 0 aliphatic carbocycles. The molecule has 0 bridgehead atoms. The number of imidazole rings is 1. The zero-order chi connectivity index (χ0) is 17.4. The van der Waals surface area contributed by atoms with Gasteiger partial charge in [-0.25, -0.2) is 19.3 Å². The number of furan rings is 1. The highest BCUT2D eigenvalue weighted by Gasteiger charge is 2.35. The summed E-state index contributed by atoms with van der Waals surface area (Å²) in [7, 11) is 0. The maximum absolute atomic E-state index is 13.0. The lowest BCUT2D eigenvalue weighted by atomic mass is 10.2. The number of nitrogens with zero attached hydrogens (tertiary/aromatic N) is 4. The second-order valence-electron chi connectivity index (χ2n) is 5.75. The van der Waals surface area contributed by atoms with Gasteiger partial charge in [0.15, 0.2) is 22.8 Å². The molecule has 1 fully saturated rings. The topological polar surface area (TPSA) is 118 Å². The van der Waals surface area contributed by atoms with Crippen LogP contribution >= 0.6 is 0 Å². The summed E-state index contributed by atoms with van der Waals surface area (Å²) in [5.41, 5.74) is 1.04. The minimum atomic E-state index is -0.749. The summed E-state index contributed by atoms with van der Waals surface area (Å²) < 4.78 is 25.3. The van der Waals surface area contributed by atoms with Crippen LogP contribution in [0.25, 0.3) is 11.2 Å². The highest BCUT2D eigenvalue weighted by atomic mass is 19.1. The molecule has 1 saturated heterocycles. The molecule has 3 atom stereocenters. The molecule has 1 aliphatic heterocycles. The van der Waals surface area contributed by atoms with Gasteiger partial charge in [0.1, 0.15) is 30.7 Å². The molecule has 3 N–H and O–H groups in total. The minimum absolute atomic E-state index is 0.244. The number of fused-ring (bicyclic) bond motifs is 1. The third kappa shape index (κ3) is 2.95. The van der Waals surface area contributed by atoms with Gasteiger partial charge in [-0.05, 0) is 0 Å². The standard InChI is InChI=1S/C15H16FN5O4/c16-8-1-9(24-5-8)3-17-14-13-15(19-6-18-14)21(7-20-13)12-2-10(23)11(4-22)25-12/h1,5-7,10-12,22-23H,2-4H2,(H,17,18,19)/t10-,11+,12?/m0/s1.